The van der Waals surface area contributed by atoms with Gasteiger partial charge in [-0.3, -0.25) is 4.79 Å². The minimum absolute atomic E-state index is 0. The minimum atomic E-state index is 0. The number of aryl methyl sites for hydroxylation is 1. The predicted octanol–water partition coefficient (Wildman–Crippen LogP) is 2.07. The highest BCUT2D eigenvalue weighted by Gasteiger charge is 2.36. The van der Waals surface area contributed by atoms with Crippen LogP contribution in [0.1, 0.15) is 43.2 Å². The number of aromatic nitrogens is 1. The van der Waals surface area contributed by atoms with Crippen molar-refractivity contribution in [2.45, 2.75) is 38.6 Å². The molecule has 3 rings (SSSR count). The van der Waals surface area contributed by atoms with Crippen molar-refractivity contribution >= 4 is 18.3 Å². The summed E-state index contributed by atoms with van der Waals surface area (Å²) < 4.78 is 5.36. The van der Waals surface area contributed by atoms with Crippen molar-refractivity contribution < 1.29 is 9.32 Å². The van der Waals surface area contributed by atoms with E-state index in [2.05, 4.69) is 10.5 Å². The highest BCUT2D eigenvalue weighted by Crippen LogP contribution is 2.34. The lowest BCUT2D eigenvalue weighted by Gasteiger charge is -2.29. The molecule has 1 N–H and O–H groups in total. The molecule has 1 aromatic heterocycles. The lowest BCUT2D eigenvalue weighted by molar-refractivity contribution is -0.137. The SMILES string of the molecule is Cc1cc(C2CCCN2C(=O)C2CCCNC2)on1.Cl. The van der Waals surface area contributed by atoms with Crippen molar-refractivity contribution in [1.29, 1.82) is 0 Å². The number of carbonyl (C=O) groups excluding carboxylic acids is 1. The van der Waals surface area contributed by atoms with Gasteiger partial charge in [-0.1, -0.05) is 5.16 Å². The molecule has 5 nitrogen and oxygen atoms in total. The van der Waals surface area contributed by atoms with E-state index in [-0.39, 0.29) is 30.3 Å². The molecule has 0 bridgehead atoms. The summed E-state index contributed by atoms with van der Waals surface area (Å²) >= 11 is 0. The summed E-state index contributed by atoms with van der Waals surface area (Å²) in [5.74, 6) is 1.26. The second-order valence-electron chi connectivity index (χ2n) is 5.60. The van der Waals surface area contributed by atoms with Gasteiger partial charge in [0.2, 0.25) is 5.91 Å². The number of hydrogen-bond acceptors (Lipinski definition) is 4. The standard InChI is InChI=1S/C14H21N3O2.ClH/c1-10-8-13(19-16-10)12-5-3-7-17(12)14(18)11-4-2-6-15-9-11;/h8,11-12,15H,2-7,9H2,1H3;1H. The fourth-order valence-corrected chi connectivity index (χ4v) is 3.16. The highest BCUT2D eigenvalue weighted by atomic mass is 35.5. The summed E-state index contributed by atoms with van der Waals surface area (Å²) in [6, 6.07) is 2.05. The molecule has 0 aliphatic carbocycles. The summed E-state index contributed by atoms with van der Waals surface area (Å²) in [4.78, 5) is 14.6. The average Bonchev–Trinajstić information content (AvgIpc) is 3.07. The second-order valence-corrected chi connectivity index (χ2v) is 5.60. The summed E-state index contributed by atoms with van der Waals surface area (Å²) in [5.41, 5.74) is 0.883. The Hall–Kier alpha value is -1.07. The van der Waals surface area contributed by atoms with Crippen molar-refractivity contribution in [1.82, 2.24) is 15.4 Å². The number of halogens is 1. The van der Waals surface area contributed by atoms with E-state index in [4.69, 9.17) is 4.52 Å². The van der Waals surface area contributed by atoms with Crippen LogP contribution >= 0.6 is 12.4 Å². The van der Waals surface area contributed by atoms with Gasteiger partial charge in [-0.05, 0) is 39.2 Å². The minimum Gasteiger partial charge on any atom is -0.359 e. The molecule has 112 valence electrons. The van der Waals surface area contributed by atoms with E-state index in [1.54, 1.807) is 0 Å². The van der Waals surface area contributed by atoms with Crippen LogP contribution in [0.25, 0.3) is 0 Å². The Bertz CT molecular complexity index is 457. The van der Waals surface area contributed by atoms with E-state index in [1.165, 1.54) is 0 Å². The zero-order valence-electron chi connectivity index (χ0n) is 11.8. The monoisotopic (exact) mass is 299 g/mol. The molecular formula is C14H22ClN3O2. The molecule has 20 heavy (non-hydrogen) atoms. The Morgan fingerprint density at radius 2 is 2.30 bits per heavy atom. The first kappa shape index (κ1) is 15.3. The van der Waals surface area contributed by atoms with Gasteiger partial charge >= 0.3 is 0 Å². The number of carbonyl (C=O) groups is 1. The van der Waals surface area contributed by atoms with Gasteiger partial charge in [0, 0.05) is 19.2 Å². The van der Waals surface area contributed by atoms with E-state index < -0.39 is 0 Å². The number of likely N-dealkylation sites (tertiary alicyclic amines) is 1. The number of nitrogens with one attached hydrogen (secondary N) is 1. The summed E-state index contributed by atoms with van der Waals surface area (Å²) in [7, 11) is 0. The van der Waals surface area contributed by atoms with Crippen LogP contribution in [0.2, 0.25) is 0 Å². The molecule has 1 aromatic rings. The molecule has 2 aliphatic rings. The van der Waals surface area contributed by atoms with Crippen molar-refractivity contribution in [3.8, 4) is 0 Å². The van der Waals surface area contributed by atoms with Crippen LogP contribution in [0.4, 0.5) is 0 Å². The molecule has 2 atom stereocenters. The Morgan fingerprint density at radius 1 is 1.45 bits per heavy atom. The van der Waals surface area contributed by atoms with Crippen molar-refractivity contribution in [2.24, 2.45) is 5.92 Å². The quantitative estimate of drug-likeness (QED) is 0.908. The third kappa shape index (κ3) is 2.99. The number of amides is 1. The van der Waals surface area contributed by atoms with Crippen LogP contribution in [-0.4, -0.2) is 35.6 Å². The molecule has 0 aromatic carbocycles. The number of nitrogens with zero attached hydrogens (tertiary/aromatic N) is 2. The van der Waals surface area contributed by atoms with Crippen LogP contribution in [-0.2, 0) is 4.79 Å². The fraction of sp³-hybridized carbons (Fsp3) is 0.714. The summed E-state index contributed by atoms with van der Waals surface area (Å²) in [5, 5.41) is 7.26. The highest BCUT2D eigenvalue weighted by molar-refractivity contribution is 5.85. The zero-order valence-corrected chi connectivity index (χ0v) is 12.6. The molecule has 2 unspecified atom stereocenters. The number of piperidine rings is 1. The van der Waals surface area contributed by atoms with Crippen molar-refractivity contribution in [2.75, 3.05) is 19.6 Å². The Morgan fingerprint density at radius 3 is 2.95 bits per heavy atom. The topological polar surface area (TPSA) is 58.4 Å². The van der Waals surface area contributed by atoms with Crippen LogP contribution < -0.4 is 5.32 Å². The first-order valence-electron chi connectivity index (χ1n) is 7.20. The molecule has 0 saturated carbocycles. The Kier molecular flexibility index (Phi) is 5.05. The molecule has 6 heteroatoms. The molecule has 2 aliphatic heterocycles. The van der Waals surface area contributed by atoms with Crippen LogP contribution in [0, 0.1) is 12.8 Å². The van der Waals surface area contributed by atoms with Gasteiger partial charge < -0.3 is 14.7 Å². The maximum Gasteiger partial charge on any atom is 0.227 e. The van der Waals surface area contributed by atoms with Crippen LogP contribution in [0.5, 0.6) is 0 Å². The van der Waals surface area contributed by atoms with Gasteiger partial charge in [0.25, 0.3) is 0 Å². The largest absolute Gasteiger partial charge is 0.359 e. The first-order valence-corrected chi connectivity index (χ1v) is 7.20. The zero-order chi connectivity index (χ0) is 13.2. The molecule has 3 heterocycles. The Labute approximate surface area is 125 Å². The average molecular weight is 300 g/mol. The second kappa shape index (κ2) is 6.59. The van der Waals surface area contributed by atoms with Crippen LogP contribution in [0.15, 0.2) is 10.6 Å². The van der Waals surface area contributed by atoms with Crippen molar-refractivity contribution in [3.05, 3.63) is 17.5 Å². The van der Waals surface area contributed by atoms with Gasteiger partial charge in [-0.25, -0.2) is 0 Å². The summed E-state index contributed by atoms with van der Waals surface area (Å²) in [6.07, 6.45) is 4.14. The van der Waals surface area contributed by atoms with E-state index in [0.717, 1.165) is 56.8 Å². The van der Waals surface area contributed by atoms with E-state index in [0.29, 0.717) is 0 Å². The predicted molar refractivity (Wildman–Crippen MR) is 77.8 cm³/mol. The first-order chi connectivity index (χ1) is 9.25. The summed E-state index contributed by atoms with van der Waals surface area (Å²) in [6.45, 7) is 4.62. The molecule has 2 saturated heterocycles. The number of rotatable bonds is 2. The molecule has 1 amide bonds. The molecule has 0 radical (unpaired) electrons. The Balaban J connectivity index is 0.00000147. The molecule has 0 spiro atoms. The van der Waals surface area contributed by atoms with E-state index in [9.17, 15) is 4.79 Å². The third-order valence-electron chi connectivity index (χ3n) is 4.16. The van der Waals surface area contributed by atoms with Gasteiger partial charge in [-0.15, -0.1) is 12.4 Å². The molecular weight excluding hydrogens is 278 g/mol. The van der Waals surface area contributed by atoms with E-state index >= 15 is 0 Å². The maximum absolute atomic E-state index is 12.6. The lowest BCUT2D eigenvalue weighted by Crippen LogP contribution is -2.42. The normalized spacial score (nSPS) is 26.4. The van der Waals surface area contributed by atoms with Crippen LogP contribution in [0.3, 0.4) is 0 Å². The van der Waals surface area contributed by atoms with Gasteiger partial charge in [0.1, 0.15) is 0 Å². The third-order valence-corrected chi connectivity index (χ3v) is 4.16. The lowest BCUT2D eigenvalue weighted by atomic mass is 9.97. The fourth-order valence-electron chi connectivity index (χ4n) is 3.16. The van der Waals surface area contributed by atoms with Gasteiger partial charge in [-0.2, -0.15) is 0 Å². The number of hydrogen-bond donors (Lipinski definition) is 1. The smallest absolute Gasteiger partial charge is 0.227 e. The maximum atomic E-state index is 12.6. The van der Waals surface area contributed by atoms with Gasteiger partial charge in [0.15, 0.2) is 5.76 Å². The van der Waals surface area contributed by atoms with Crippen molar-refractivity contribution in [3.63, 3.8) is 0 Å². The van der Waals surface area contributed by atoms with Gasteiger partial charge in [0.05, 0.1) is 17.7 Å². The van der Waals surface area contributed by atoms with E-state index in [1.807, 2.05) is 17.9 Å². The molecule has 2 fully saturated rings.